The molecule has 156 valence electrons. The van der Waals surface area contributed by atoms with Crippen LogP contribution in [0, 0.1) is 15.9 Å². The van der Waals surface area contributed by atoms with Crippen molar-refractivity contribution in [2.75, 3.05) is 7.11 Å². The normalized spacial score (nSPS) is 10.6. The number of carbonyl (C=O) groups excluding carboxylic acids is 2. The fraction of sp³-hybridized carbons (Fsp3) is 0.0435. The number of benzene rings is 3. The molecular weight excluding hydrogens is 405 g/mol. The SMILES string of the molecule is COc1ccccc1/C=C/C(=O)c1cc(F)ccc1OC(=O)c1cccc([N+](=O)[O-])c1. The number of nitro benzene ring substituents is 1. The van der Waals surface area contributed by atoms with E-state index in [-0.39, 0.29) is 22.6 Å². The molecule has 0 amide bonds. The van der Waals surface area contributed by atoms with Gasteiger partial charge in [-0.1, -0.05) is 24.3 Å². The van der Waals surface area contributed by atoms with Crippen LogP contribution in [0.3, 0.4) is 0 Å². The topological polar surface area (TPSA) is 95.7 Å². The van der Waals surface area contributed by atoms with Crippen LogP contribution in [0.5, 0.6) is 11.5 Å². The number of halogens is 1. The van der Waals surface area contributed by atoms with E-state index in [1.54, 1.807) is 24.3 Å². The van der Waals surface area contributed by atoms with Crippen molar-refractivity contribution in [1.82, 2.24) is 0 Å². The van der Waals surface area contributed by atoms with Crippen LogP contribution in [0.25, 0.3) is 6.08 Å². The lowest BCUT2D eigenvalue weighted by atomic mass is 10.1. The van der Waals surface area contributed by atoms with Gasteiger partial charge in [0.15, 0.2) is 5.78 Å². The molecule has 7 nitrogen and oxygen atoms in total. The largest absolute Gasteiger partial charge is 0.496 e. The maximum atomic E-state index is 13.8. The molecule has 3 aromatic carbocycles. The fourth-order valence-corrected chi connectivity index (χ4v) is 2.75. The number of rotatable bonds is 7. The molecule has 0 aliphatic rings. The number of carbonyl (C=O) groups is 2. The van der Waals surface area contributed by atoms with E-state index in [4.69, 9.17) is 9.47 Å². The number of esters is 1. The van der Waals surface area contributed by atoms with Gasteiger partial charge in [0, 0.05) is 17.7 Å². The van der Waals surface area contributed by atoms with Crippen LogP contribution in [-0.2, 0) is 0 Å². The maximum absolute atomic E-state index is 13.8. The molecule has 0 saturated carbocycles. The zero-order valence-electron chi connectivity index (χ0n) is 16.3. The lowest BCUT2D eigenvalue weighted by Crippen LogP contribution is -2.11. The van der Waals surface area contributed by atoms with Gasteiger partial charge in [-0.3, -0.25) is 14.9 Å². The molecule has 31 heavy (non-hydrogen) atoms. The Morgan fingerprint density at radius 2 is 1.77 bits per heavy atom. The predicted octanol–water partition coefficient (Wildman–Crippen LogP) is 4.86. The molecule has 3 aromatic rings. The third kappa shape index (κ3) is 5.18. The third-order valence-corrected chi connectivity index (χ3v) is 4.26. The van der Waals surface area contributed by atoms with E-state index < -0.39 is 22.5 Å². The van der Waals surface area contributed by atoms with Gasteiger partial charge < -0.3 is 9.47 Å². The molecule has 0 fully saturated rings. The van der Waals surface area contributed by atoms with Crippen LogP contribution in [0.1, 0.15) is 26.3 Å². The summed E-state index contributed by atoms with van der Waals surface area (Å²) in [6.45, 7) is 0. The molecule has 0 atom stereocenters. The Morgan fingerprint density at radius 1 is 1.00 bits per heavy atom. The molecule has 0 spiro atoms. The van der Waals surface area contributed by atoms with E-state index in [0.717, 1.165) is 24.3 Å². The molecule has 0 radical (unpaired) electrons. The number of nitrogens with zero attached hydrogens (tertiary/aromatic N) is 1. The highest BCUT2D eigenvalue weighted by Crippen LogP contribution is 2.24. The molecule has 0 bridgehead atoms. The quantitative estimate of drug-likeness (QED) is 0.135. The zero-order valence-corrected chi connectivity index (χ0v) is 16.3. The van der Waals surface area contributed by atoms with Gasteiger partial charge in [0.25, 0.3) is 5.69 Å². The minimum atomic E-state index is -0.918. The Hall–Kier alpha value is -4.33. The summed E-state index contributed by atoms with van der Waals surface area (Å²) < 4.78 is 24.2. The van der Waals surface area contributed by atoms with Gasteiger partial charge in [0.2, 0.25) is 0 Å². The van der Waals surface area contributed by atoms with Crippen LogP contribution in [0.4, 0.5) is 10.1 Å². The average molecular weight is 421 g/mol. The molecule has 8 heteroatoms. The fourth-order valence-electron chi connectivity index (χ4n) is 2.75. The van der Waals surface area contributed by atoms with Gasteiger partial charge in [0.05, 0.1) is 23.2 Å². The molecule has 3 rings (SSSR count). The Kier molecular flexibility index (Phi) is 6.51. The molecule has 0 saturated heterocycles. The van der Waals surface area contributed by atoms with Crippen LogP contribution in [0.15, 0.2) is 72.8 Å². The van der Waals surface area contributed by atoms with Crippen molar-refractivity contribution in [3.63, 3.8) is 0 Å². The first-order valence-electron chi connectivity index (χ1n) is 9.00. The van der Waals surface area contributed by atoms with Gasteiger partial charge in [-0.2, -0.15) is 0 Å². The van der Waals surface area contributed by atoms with Crippen molar-refractivity contribution in [3.8, 4) is 11.5 Å². The van der Waals surface area contributed by atoms with Crippen LogP contribution in [0.2, 0.25) is 0 Å². The molecule has 0 aromatic heterocycles. The monoisotopic (exact) mass is 421 g/mol. The van der Waals surface area contributed by atoms with E-state index in [9.17, 15) is 24.1 Å². The second-order valence-corrected chi connectivity index (χ2v) is 6.28. The predicted molar refractivity (Wildman–Crippen MR) is 111 cm³/mol. The number of para-hydroxylation sites is 1. The van der Waals surface area contributed by atoms with Crippen molar-refractivity contribution in [3.05, 3.63) is 105 Å². The minimum Gasteiger partial charge on any atom is -0.496 e. The molecule has 0 aliphatic carbocycles. The van der Waals surface area contributed by atoms with Crippen molar-refractivity contribution >= 4 is 23.5 Å². The van der Waals surface area contributed by atoms with Crippen LogP contribution >= 0.6 is 0 Å². The summed E-state index contributed by atoms with van der Waals surface area (Å²) >= 11 is 0. The Morgan fingerprint density at radius 3 is 2.52 bits per heavy atom. The second kappa shape index (κ2) is 9.45. The smallest absolute Gasteiger partial charge is 0.343 e. The second-order valence-electron chi connectivity index (χ2n) is 6.28. The Balaban J connectivity index is 1.87. The summed E-state index contributed by atoms with van der Waals surface area (Å²) in [6, 6.07) is 15.1. The zero-order chi connectivity index (χ0) is 22.4. The average Bonchev–Trinajstić information content (AvgIpc) is 2.78. The number of ether oxygens (including phenoxy) is 2. The van der Waals surface area contributed by atoms with E-state index in [1.165, 1.54) is 37.5 Å². The number of hydrogen-bond donors (Lipinski definition) is 0. The van der Waals surface area contributed by atoms with Gasteiger partial charge in [0.1, 0.15) is 17.3 Å². The van der Waals surface area contributed by atoms with Crippen molar-refractivity contribution in [2.24, 2.45) is 0 Å². The molecule has 0 heterocycles. The lowest BCUT2D eigenvalue weighted by Gasteiger charge is -2.09. The molecule has 0 aliphatic heterocycles. The minimum absolute atomic E-state index is 0.0820. The first-order chi connectivity index (χ1) is 14.9. The van der Waals surface area contributed by atoms with Crippen molar-refractivity contribution in [2.45, 2.75) is 0 Å². The van der Waals surface area contributed by atoms with Gasteiger partial charge in [-0.15, -0.1) is 0 Å². The van der Waals surface area contributed by atoms with Gasteiger partial charge >= 0.3 is 5.97 Å². The summed E-state index contributed by atoms with van der Waals surface area (Å²) in [5.74, 6) is -1.84. The highest BCUT2D eigenvalue weighted by atomic mass is 19.1. The number of allylic oxidation sites excluding steroid dienone is 1. The van der Waals surface area contributed by atoms with Crippen LogP contribution < -0.4 is 9.47 Å². The highest BCUT2D eigenvalue weighted by Gasteiger charge is 2.18. The molecule has 0 N–H and O–H groups in total. The van der Waals surface area contributed by atoms with Gasteiger partial charge in [-0.25, -0.2) is 9.18 Å². The molecule has 0 unspecified atom stereocenters. The summed E-state index contributed by atoms with van der Waals surface area (Å²) in [5.41, 5.74) is 0.0842. The van der Waals surface area contributed by atoms with Gasteiger partial charge in [-0.05, 0) is 42.5 Å². The highest BCUT2D eigenvalue weighted by molar-refractivity contribution is 6.09. The van der Waals surface area contributed by atoms with E-state index >= 15 is 0 Å². The summed E-state index contributed by atoms with van der Waals surface area (Å²) in [7, 11) is 1.49. The standard InChI is InChI=1S/C23H16FNO6/c1-30-21-8-3-2-5-15(21)9-11-20(26)19-14-17(24)10-12-22(19)31-23(27)16-6-4-7-18(13-16)25(28)29/h2-14H,1H3/b11-9+. The van der Waals surface area contributed by atoms with E-state index in [1.807, 2.05) is 0 Å². The van der Waals surface area contributed by atoms with Crippen LogP contribution in [-0.4, -0.2) is 23.8 Å². The number of non-ortho nitro benzene ring substituents is 1. The van der Waals surface area contributed by atoms with Crippen molar-refractivity contribution < 1.29 is 28.4 Å². The Labute approximate surface area is 176 Å². The van der Waals surface area contributed by atoms with E-state index in [2.05, 4.69) is 0 Å². The third-order valence-electron chi connectivity index (χ3n) is 4.26. The van der Waals surface area contributed by atoms with Crippen molar-refractivity contribution in [1.29, 1.82) is 0 Å². The number of nitro groups is 1. The summed E-state index contributed by atoms with van der Waals surface area (Å²) in [6.07, 6.45) is 2.70. The summed E-state index contributed by atoms with van der Waals surface area (Å²) in [5, 5.41) is 10.9. The summed E-state index contributed by atoms with van der Waals surface area (Å²) in [4.78, 5) is 35.4. The number of methoxy groups -OCH3 is 1. The number of hydrogen-bond acceptors (Lipinski definition) is 6. The molecular formula is C23H16FNO6. The maximum Gasteiger partial charge on any atom is 0.343 e. The lowest BCUT2D eigenvalue weighted by molar-refractivity contribution is -0.384. The first kappa shape index (κ1) is 21.4. The Bertz CT molecular complexity index is 1190. The number of ketones is 1. The first-order valence-corrected chi connectivity index (χ1v) is 9.00. The van der Waals surface area contributed by atoms with E-state index in [0.29, 0.717) is 11.3 Å².